The van der Waals surface area contributed by atoms with Gasteiger partial charge in [0.1, 0.15) is 0 Å². The number of primary sulfonamides is 1. The number of nitrogens with two attached hydrogens (primary N) is 1. The molecule has 0 aliphatic heterocycles. The van der Waals surface area contributed by atoms with Crippen LogP contribution in [0.4, 0.5) is 5.69 Å². The van der Waals surface area contributed by atoms with Crippen LogP contribution in [0.5, 0.6) is 0 Å². The first-order valence-corrected chi connectivity index (χ1v) is 5.69. The minimum absolute atomic E-state index is 0.150. The van der Waals surface area contributed by atoms with Crippen molar-refractivity contribution in [1.82, 2.24) is 0 Å². The van der Waals surface area contributed by atoms with Crippen LogP contribution in [0.15, 0.2) is 24.3 Å². The van der Waals surface area contributed by atoms with Gasteiger partial charge in [0, 0.05) is 12.1 Å². The van der Waals surface area contributed by atoms with Gasteiger partial charge >= 0.3 is 0 Å². The number of non-ortho nitro benzene ring substituents is 1. The predicted molar refractivity (Wildman–Crippen MR) is 54.6 cm³/mol. The lowest BCUT2D eigenvalue weighted by atomic mass is 10.1. The van der Waals surface area contributed by atoms with Gasteiger partial charge in [-0.2, -0.15) is 0 Å². The number of rotatable bonds is 3. The van der Waals surface area contributed by atoms with Gasteiger partial charge in [0.15, 0.2) is 0 Å². The zero-order valence-corrected chi connectivity index (χ0v) is 8.77. The van der Waals surface area contributed by atoms with Gasteiger partial charge in [0.05, 0.1) is 10.2 Å². The Kier molecular flexibility index (Phi) is 3.06. The summed E-state index contributed by atoms with van der Waals surface area (Å²) in [5, 5.41) is 14.4. The van der Waals surface area contributed by atoms with Gasteiger partial charge in [-0.25, -0.2) is 13.6 Å². The molecule has 7 heteroatoms. The summed E-state index contributed by atoms with van der Waals surface area (Å²) in [5.41, 5.74) is 0.162. The number of hydrogen-bond acceptors (Lipinski definition) is 4. The SMILES string of the molecule is CC(c1cccc([N+](=O)[O-])c1)S(N)(=O)=O. The third-order valence-electron chi connectivity index (χ3n) is 2.04. The van der Waals surface area contributed by atoms with Crippen LogP contribution < -0.4 is 5.14 Å². The molecular formula is C8H10N2O4S. The maximum absolute atomic E-state index is 11.0. The molecule has 1 aromatic carbocycles. The van der Waals surface area contributed by atoms with Gasteiger partial charge in [-0.05, 0) is 12.5 Å². The molecule has 6 nitrogen and oxygen atoms in total. The lowest BCUT2D eigenvalue weighted by Gasteiger charge is -2.08. The zero-order valence-electron chi connectivity index (χ0n) is 7.95. The Morgan fingerprint density at radius 1 is 1.47 bits per heavy atom. The summed E-state index contributed by atoms with van der Waals surface area (Å²) in [7, 11) is -3.72. The van der Waals surface area contributed by atoms with E-state index in [-0.39, 0.29) is 5.69 Å². The van der Waals surface area contributed by atoms with Crippen molar-refractivity contribution in [2.24, 2.45) is 5.14 Å². The molecule has 0 spiro atoms. The first kappa shape index (κ1) is 11.6. The van der Waals surface area contributed by atoms with E-state index in [0.717, 1.165) is 0 Å². The quantitative estimate of drug-likeness (QED) is 0.616. The first-order chi connectivity index (χ1) is 6.82. The summed E-state index contributed by atoms with van der Waals surface area (Å²) in [6.07, 6.45) is 0. The third-order valence-corrected chi connectivity index (χ3v) is 3.30. The zero-order chi connectivity index (χ0) is 11.6. The minimum Gasteiger partial charge on any atom is -0.258 e. The molecule has 1 rings (SSSR count). The number of sulfonamides is 1. The van der Waals surface area contributed by atoms with Crippen LogP contribution in [-0.4, -0.2) is 13.3 Å². The summed E-state index contributed by atoms with van der Waals surface area (Å²) in [6.45, 7) is 1.38. The summed E-state index contributed by atoms with van der Waals surface area (Å²) in [5.74, 6) is 0. The highest BCUT2D eigenvalue weighted by Gasteiger charge is 2.19. The second-order valence-corrected chi connectivity index (χ2v) is 4.97. The molecule has 0 amide bonds. The van der Waals surface area contributed by atoms with E-state index >= 15 is 0 Å². The van der Waals surface area contributed by atoms with Crippen molar-refractivity contribution >= 4 is 15.7 Å². The molecule has 2 N–H and O–H groups in total. The van der Waals surface area contributed by atoms with Crippen LogP contribution in [0.2, 0.25) is 0 Å². The molecular weight excluding hydrogens is 220 g/mol. The summed E-state index contributed by atoms with van der Waals surface area (Å²) >= 11 is 0. The highest BCUT2D eigenvalue weighted by Crippen LogP contribution is 2.23. The maximum Gasteiger partial charge on any atom is 0.269 e. The van der Waals surface area contributed by atoms with Gasteiger partial charge in [0.2, 0.25) is 10.0 Å². The van der Waals surface area contributed by atoms with Crippen molar-refractivity contribution < 1.29 is 13.3 Å². The number of nitro benzene ring substituents is 1. The molecule has 0 fully saturated rings. The van der Waals surface area contributed by atoms with Crippen molar-refractivity contribution in [1.29, 1.82) is 0 Å². The topological polar surface area (TPSA) is 103 Å². The molecule has 0 bridgehead atoms. The second kappa shape index (κ2) is 3.95. The van der Waals surface area contributed by atoms with Crippen molar-refractivity contribution in [2.45, 2.75) is 12.2 Å². The fourth-order valence-corrected chi connectivity index (χ4v) is 1.61. The van der Waals surface area contributed by atoms with Crippen LogP contribution in [0, 0.1) is 10.1 Å². The molecule has 0 aliphatic carbocycles. The Bertz CT molecular complexity index is 483. The van der Waals surface area contributed by atoms with E-state index < -0.39 is 20.2 Å². The number of hydrogen-bond donors (Lipinski definition) is 1. The lowest BCUT2D eigenvalue weighted by molar-refractivity contribution is -0.384. The number of nitrogens with zero attached hydrogens (tertiary/aromatic N) is 1. The summed E-state index contributed by atoms with van der Waals surface area (Å²) in [6, 6.07) is 5.41. The van der Waals surface area contributed by atoms with E-state index in [4.69, 9.17) is 5.14 Å². The first-order valence-electron chi connectivity index (χ1n) is 4.08. The second-order valence-electron chi connectivity index (χ2n) is 3.08. The highest BCUT2D eigenvalue weighted by molar-refractivity contribution is 7.89. The van der Waals surface area contributed by atoms with E-state index in [1.165, 1.54) is 31.2 Å². The molecule has 0 saturated carbocycles. The fourth-order valence-electron chi connectivity index (χ4n) is 1.08. The van der Waals surface area contributed by atoms with Crippen LogP contribution in [0.3, 0.4) is 0 Å². The normalized spacial score (nSPS) is 13.5. The molecule has 0 saturated heterocycles. The van der Waals surface area contributed by atoms with Crippen LogP contribution >= 0.6 is 0 Å². The Morgan fingerprint density at radius 3 is 2.53 bits per heavy atom. The standard InChI is InChI=1S/C8H10N2O4S/c1-6(15(9,13)14)7-3-2-4-8(5-7)10(11)12/h2-6H,1H3,(H2,9,13,14). The molecule has 0 aromatic heterocycles. The largest absolute Gasteiger partial charge is 0.269 e. The molecule has 82 valence electrons. The minimum atomic E-state index is -3.72. The van der Waals surface area contributed by atoms with Gasteiger partial charge < -0.3 is 0 Å². The fraction of sp³-hybridized carbons (Fsp3) is 0.250. The molecule has 0 heterocycles. The maximum atomic E-state index is 11.0. The molecule has 0 aliphatic rings. The number of nitro groups is 1. The van der Waals surface area contributed by atoms with Gasteiger partial charge in [-0.15, -0.1) is 0 Å². The van der Waals surface area contributed by atoms with Crippen molar-refractivity contribution in [3.05, 3.63) is 39.9 Å². The molecule has 1 atom stereocenters. The van der Waals surface area contributed by atoms with E-state index in [1.807, 2.05) is 0 Å². The summed E-state index contributed by atoms with van der Waals surface area (Å²) < 4.78 is 22.0. The Hall–Kier alpha value is -1.47. The average Bonchev–Trinajstić information content (AvgIpc) is 2.15. The Labute approximate surface area is 86.9 Å². The monoisotopic (exact) mass is 230 g/mol. The lowest BCUT2D eigenvalue weighted by Crippen LogP contribution is -2.19. The van der Waals surface area contributed by atoms with E-state index in [9.17, 15) is 18.5 Å². The molecule has 15 heavy (non-hydrogen) atoms. The van der Waals surface area contributed by atoms with Crippen molar-refractivity contribution in [3.8, 4) is 0 Å². The number of benzene rings is 1. The van der Waals surface area contributed by atoms with Crippen LogP contribution in [-0.2, 0) is 10.0 Å². The molecule has 0 radical (unpaired) electrons. The molecule has 1 unspecified atom stereocenters. The van der Waals surface area contributed by atoms with E-state index in [0.29, 0.717) is 5.56 Å². The van der Waals surface area contributed by atoms with Crippen molar-refractivity contribution in [3.63, 3.8) is 0 Å². The highest BCUT2D eigenvalue weighted by atomic mass is 32.2. The smallest absolute Gasteiger partial charge is 0.258 e. The van der Waals surface area contributed by atoms with E-state index in [1.54, 1.807) is 0 Å². The average molecular weight is 230 g/mol. The third kappa shape index (κ3) is 2.74. The summed E-state index contributed by atoms with van der Waals surface area (Å²) in [4.78, 5) is 9.87. The van der Waals surface area contributed by atoms with Gasteiger partial charge in [0.25, 0.3) is 5.69 Å². The van der Waals surface area contributed by atoms with Crippen LogP contribution in [0.1, 0.15) is 17.7 Å². The van der Waals surface area contributed by atoms with Crippen LogP contribution in [0.25, 0.3) is 0 Å². The predicted octanol–water partition coefficient (Wildman–Crippen LogP) is 0.944. The van der Waals surface area contributed by atoms with Gasteiger partial charge in [-0.1, -0.05) is 12.1 Å². The van der Waals surface area contributed by atoms with E-state index in [2.05, 4.69) is 0 Å². The van der Waals surface area contributed by atoms with Gasteiger partial charge in [-0.3, -0.25) is 10.1 Å². The Morgan fingerprint density at radius 2 is 2.07 bits per heavy atom. The molecule has 1 aromatic rings. The Balaban J connectivity index is 3.17. The van der Waals surface area contributed by atoms with Crippen molar-refractivity contribution in [2.75, 3.05) is 0 Å².